The van der Waals surface area contributed by atoms with Crippen LogP contribution in [-0.4, -0.2) is 23.7 Å². The van der Waals surface area contributed by atoms with Crippen LogP contribution in [0, 0.1) is 5.92 Å². The van der Waals surface area contributed by atoms with Gasteiger partial charge in [0.25, 0.3) is 5.91 Å². The van der Waals surface area contributed by atoms with Gasteiger partial charge in [-0.05, 0) is 53.9 Å². The third kappa shape index (κ3) is 5.71. The highest BCUT2D eigenvalue weighted by Gasteiger charge is 2.30. The van der Waals surface area contributed by atoms with Crippen LogP contribution in [0.4, 0.5) is 5.69 Å². The largest absolute Gasteiger partial charge is 0.457 e. The minimum atomic E-state index is -0.491. The van der Waals surface area contributed by atoms with Crippen molar-refractivity contribution >= 4 is 29.4 Å². The van der Waals surface area contributed by atoms with E-state index in [1.807, 2.05) is 18.2 Å². The van der Waals surface area contributed by atoms with E-state index in [-0.39, 0.29) is 36.7 Å². The smallest absolute Gasteiger partial charge is 0.338 e. The van der Waals surface area contributed by atoms with Gasteiger partial charge in [0.1, 0.15) is 6.61 Å². The van der Waals surface area contributed by atoms with Gasteiger partial charge in [-0.1, -0.05) is 42.5 Å². The number of esters is 1. The number of amides is 3. The van der Waals surface area contributed by atoms with Gasteiger partial charge < -0.3 is 10.1 Å². The first-order valence-corrected chi connectivity index (χ1v) is 10.5. The number of imide groups is 1. The fraction of sp³-hybridized carbons (Fsp3) is 0.154. The fourth-order valence-electron chi connectivity index (χ4n) is 3.59. The quantitative estimate of drug-likeness (QED) is 0.431. The van der Waals surface area contributed by atoms with E-state index in [1.54, 1.807) is 60.7 Å². The van der Waals surface area contributed by atoms with Crippen LogP contribution in [0.25, 0.3) is 0 Å². The highest BCUT2D eigenvalue weighted by Crippen LogP contribution is 2.18. The van der Waals surface area contributed by atoms with Crippen molar-refractivity contribution < 1.29 is 23.9 Å². The Hall–Kier alpha value is -4.26. The molecule has 3 aromatic carbocycles. The van der Waals surface area contributed by atoms with Crippen molar-refractivity contribution in [2.75, 3.05) is 5.32 Å². The average Bonchev–Trinajstić information content (AvgIpc) is 3.15. The Morgan fingerprint density at radius 1 is 0.879 bits per heavy atom. The summed E-state index contributed by atoms with van der Waals surface area (Å²) < 4.78 is 5.39. The molecule has 33 heavy (non-hydrogen) atoms. The monoisotopic (exact) mass is 442 g/mol. The predicted octanol–water partition coefficient (Wildman–Crippen LogP) is 3.50. The number of hydrogen-bond acceptors (Lipinski definition) is 5. The molecule has 1 aliphatic heterocycles. The van der Waals surface area contributed by atoms with Crippen LogP contribution in [0.15, 0.2) is 78.9 Å². The molecule has 3 amide bonds. The summed E-state index contributed by atoms with van der Waals surface area (Å²) in [5.41, 5.74) is 3.09. The summed E-state index contributed by atoms with van der Waals surface area (Å²) in [5, 5.41) is 5.12. The lowest BCUT2D eigenvalue weighted by molar-refractivity contribution is -0.125. The van der Waals surface area contributed by atoms with Crippen molar-refractivity contribution in [3.8, 4) is 0 Å². The molecule has 0 bridgehead atoms. The lowest BCUT2D eigenvalue weighted by atomic mass is 9.97. The maximum absolute atomic E-state index is 12.5. The molecule has 4 rings (SSSR count). The van der Waals surface area contributed by atoms with Gasteiger partial charge in [-0.15, -0.1) is 0 Å². The molecule has 0 aromatic heterocycles. The fourth-order valence-corrected chi connectivity index (χ4v) is 3.59. The maximum atomic E-state index is 12.5. The molecule has 0 saturated carbocycles. The Balaban J connectivity index is 1.32. The van der Waals surface area contributed by atoms with Crippen LogP contribution < -0.4 is 10.6 Å². The van der Waals surface area contributed by atoms with E-state index in [0.717, 1.165) is 5.56 Å². The number of hydrogen-bond donors (Lipinski definition) is 2. The van der Waals surface area contributed by atoms with Gasteiger partial charge >= 0.3 is 5.97 Å². The van der Waals surface area contributed by atoms with Crippen LogP contribution in [-0.2, 0) is 27.4 Å². The van der Waals surface area contributed by atoms with E-state index in [0.29, 0.717) is 28.8 Å². The molecule has 1 heterocycles. The molecule has 3 aromatic rings. The molecule has 2 N–H and O–H groups in total. The van der Waals surface area contributed by atoms with Crippen molar-refractivity contribution in [1.82, 2.24) is 5.32 Å². The summed E-state index contributed by atoms with van der Waals surface area (Å²) in [4.78, 5) is 47.9. The second kappa shape index (κ2) is 9.91. The van der Waals surface area contributed by atoms with E-state index in [9.17, 15) is 19.2 Å². The summed E-state index contributed by atoms with van der Waals surface area (Å²) in [7, 11) is 0. The van der Waals surface area contributed by atoms with Crippen molar-refractivity contribution in [1.29, 1.82) is 0 Å². The molecule has 1 fully saturated rings. The van der Waals surface area contributed by atoms with Gasteiger partial charge in [-0.3, -0.25) is 19.7 Å². The zero-order valence-corrected chi connectivity index (χ0v) is 17.7. The molecule has 0 aliphatic carbocycles. The average molecular weight is 442 g/mol. The molecule has 7 heteroatoms. The first kappa shape index (κ1) is 22.0. The van der Waals surface area contributed by atoms with Gasteiger partial charge in [0, 0.05) is 17.7 Å². The number of rotatable bonds is 7. The molecule has 166 valence electrons. The molecule has 1 atom stereocenters. The number of benzene rings is 3. The van der Waals surface area contributed by atoms with Crippen LogP contribution in [0.5, 0.6) is 0 Å². The van der Waals surface area contributed by atoms with Crippen molar-refractivity contribution in [2.24, 2.45) is 5.92 Å². The number of anilines is 1. The van der Waals surface area contributed by atoms with Gasteiger partial charge in [0.15, 0.2) is 0 Å². The molecule has 1 aliphatic rings. The standard InChI is InChI=1S/C26H22N2O5/c29-23-15-21(25(31)28-23)13-17-9-11-19(12-10-17)26(32)33-16-18-5-4-6-20(14-18)24(30)27-22-7-2-1-3-8-22/h1-12,14,21H,13,15-16H2,(H,27,30)(H,28,29,31). The molecular formula is C26H22N2O5. The SMILES string of the molecule is O=C1CC(Cc2ccc(C(=O)OCc3cccc(C(=O)Nc4ccccc4)c3)cc2)C(=O)N1. The lowest BCUT2D eigenvalue weighted by Gasteiger charge is -2.09. The van der Waals surface area contributed by atoms with Gasteiger partial charge in [-0.2, -0.15) is 0 Å². The summed E-state index contributed by atoms with van der Waals surface area (Å²) in [6, 6.07) is 22.8. The van der Waals surface area contributed by atoms with Crippen LogP contribution in [0.1, 0.15) is 38.3 Å². The number of carbonyl (C=O) groups excluding carboxylic acids is 4. The third-order valence-electron chi connectivity index (χ3n) is 5.33. The van der Waals surface area contributed by atoms with E-state index in [2.05, 4.69) is 10.6 Å². The Labute approximate surface area is 190 Å². The Morgan fingerprint density at radius 3 is 2.33 bits per heavy atom. The van der Waals surface area contributed by atoms with E-state index >= 15 is 0 Å². The van der Waals surface area contributed by atoms with Crippen molar-refractivity contribution in [3.63, 3.8) is 0 Å². The summed E-state index contributed by atoms with van der Waals surface area (Å²) in [5.74, 6) is -1.63. The zero-order chi connectivity index (χ0) is 23.2. The van der Waals surface area contributed by atoms with E-state index in [1.165, 1.54) is 0 Å². The Bertz CT molecular complexity index is 1190. The molecular weight excluding hydrogens is 420 g/mol. The molecule has 0 spiro atoms. The maximum Gasteiger partial charge on any atom is 0.338 e. The Kier molecular flexibility index (Phi) is 6.59. The van der Waals surface area contributed by atoms with E-state index in [4.69, 9.17) is 4.74 Å². The van der Waals surface area contributed by atoms with Crippen molar-refractivity contribution in [2.45, 2.75) is 19.4 Å². The van der Waals surface area contributed by atoms with Gasteiger partial charge in [-0.25, -0.2) is 4.79 Å². The van der Waals surface area contributed by atoms with Crippen molar-refractivity contribution in [3.05, 3.63) is 101 Å². The van der Waals surface area contributed by atoms with Crippen LogP contribution in [0.3, 0.4) is 0 Å². The second-order valence-electron chi connectivity index (χ2n) is 7.81. The molecule has 0 radical (unpaired) electrons. The minimum absolute atomic E-state index is 0.0252. The van der Waals surface area contributed by atoms with E-state index < -0.39 is 5.97 Å². The molecule has 1 saturated heterocycles. The Morgan fingerprint density at radius 2 is 1.64 bits per heavy atom. The first-order valence-electron chi connectivity index (χ1n) is 10.5. The highest BCUT2D eigenvalue weighted by atomic mass is 16.5. The second-order valence-corrected chi connectivity index (χ2v) is 7.81. The molecule has 7 nitrogen and oxygen atoms in total. The third-order valence-corrected chi connectivity index (χ3v) is 5.33. The van der Waals surface area contributed by atoms with Gasteiger partial charge in [0.05, 0.1) is 11.5 Å². The lowest BCUT2D eigenvalue weighted by Crippen LogP contribution is -2.22. The number of para-hydroxylation sites is 1. The number of ether oxygens (including phenoxy) is 1. The van der Waals surface area contributed by atoms with Crippen LogP contribution in [0.2, 0.25) is 0 Å². The van der Waals surface area contributed by atoms with Crippen LogP contribution >= 0.6 is 0 Å². The zero-order valence-electron chi connectivity index (χ0n) is 17.7. The number of carbonyl (C=O) groups is 4. The minimum Gasteiger partial charge on any atom is -0.457 e. The van der Waals surface area contributed by atoms with Gasteiger partial charge in [0.2, 0.25) is 11.8 Å². The first-order chi connectivity index (χ1) is 16.0. The summed E-state index contributed by atoms with van der Waals surface area (Å²) in [6.07, 6.45) is 0.621. The summed E-state index contributed by atoms with van der Waals surface area (Å²) in [6.45, 7) is 0.0252. The topological polar surface area (TPSA) is 102 Å². The number of nitrogens with one attached hydrogen (secondary N) is 2. The highest BCUT2D eigenvalue weighted by molar-refractivity contribution is 6.04. The predicted molar refractivity (Wildman–Crippen MR) is 121 cm³/mol. The normalized spacial score (nSPS) is 15.1. The molecule has 1 unspecified atom stereocenters. The summed E-state index contributed by atoms with van der Waals surface area (Å²) >= 11 is 0.